The van der Waals surface area contributed by atoms with Crippen LogP contribution in [-0.4, -0.2) is 37.3 Å². The molecule has 0 unspecified atom stereocenters. The first-order valence-electron chi connectivity index (χ1n) is 11.6. The molecular formula is C28H27N3O3S. The molecule has 0 fully saturated rings. The summed E-state index contributed by atoms with van der Waals surface area (Å²) in [7, 11) is -3.76. The molecule has 0 spiro atoms. The monoisotopic (exact) mass is 485 g/mol. The molecule has 178 valence electrons. The number of aromatic amines is 1. The number of aromatic nitrogens is 1. The highest BCUT2D eigenvalue weighted by atomic mass is 32.2. The Morgan fingerprint density at radius 1 is 1.03 bits per heavy atom. The van der Waals surface area contributed by atoms with Gasteiger partial charge in [0, 0.05) is 47.9 Å². The van der Waals surface area contributed by atoms with Gasteiger partial charge < -0.3 is 9.88 Å². The molecule has 1 aliphatic rings. The van der Waals surface area contributed by atoms with E-state index >= 15 is 0 Å². The van der Waals surface area contributed by atoms with Crippen LogP contribution in [0.5, 0.6) is 0 Å². The van der Waals surface area contributed by atoms with Gasteiger partial charge in [0.05, 0.1) is 4.90 Å². The number of benzene rings is 3. The van der Waals surface area contributed by atoms with Crippen LogP contribution >= 0.6 is 0 Å². The Labute approximate surface area is 205 Å². The summed E-state index contributed by atoms with van der Waals surface area (Å²) in [6.07, 6.45) is 4.85. The Balaban J connectivity index is 1.33. The molecule has 3 aromatic carbocycles. The van der Waals surface area contributed by atoms with E-state index in [1.54, 1.807) is 17.0 Å². The van der Waals surface area contributed by atoms with Gasteiger partial charge in [-0.2, -0.15) is 0 Å². The molecule has 1 aliphatic heterocycles. The fraction of sp³-hybridized carbons (Fsp3) is 0.179. The molecule has 6 nitrogen and oxygen atoms in total. The molecular weight excluding hydrogens is 458 g/mol. The quantitative estimate of drug-likeness (QED) is 0.408. The second kappa shape index (κ2) is 9.52. The van der Waals surface area contributed by atoms with E-state index in [4.69, 9.17) is 0 Å². The molecule has 35 heavy (non-hydrogen) atoms. The number of aryl methyl sites for hydroxylation is 1. The molecule has 5 rings (SSSR count). The van der Waals surface area contributed by atoms with Crippen LogP contribution < -0.4 is 4.72 Å². The summed E-state index contributed by atoms with van der Waals surface area (Å²) in [5.74, 6) is -0.156. The predicted molar refractivity (Wildman–Crippen MR) is 138 cm³/mol. The van der Waals surface area contributed by atoms with Crippen molar-refractivity contribution >= 4 is 32.4 Å². The normalized spacial score (nSPS) is 14.2. The molecule has 0 saturated heterocycles. The first-order chi connectivity index (χ1) is 16.9. The maximum Gasteiger partial charge on any atom is 0.254 e. The van der Waals surface area contributed by atoms with Gasteiger partial charge in [-0.25, -0.2) is 13.1 Å². The third-order valence-corrected chi connectivity index (χ3v) is 7.89. The summed E-state index contributed by atoms with van der Waals surface area (Å²) in [5, 5.41) is 1.18. The van der Waals surface area contributed by atoms with Crippen LogP contribution in [0, 0.1) is 6.92 Å². The van der Waals surface area contributed by atoms with Gasteiger partial charge in [0.25, 0.3) is 5.91 Å². The van der Waals surface area contributed by atoms with Crippen LogP contribution in [0.25, 0.3) is 16.5 Å². The lowest BCUT2D eigenvalue weighted by atomic mass is 9.98. The SMILES string of the molecule is Cc1ccc(S(=O)(=O)NCc2ccccc2)cc1C(=O)N1CC=C(c2c[nH]c3ccccc23)CC1. The van der Waals surface area contributed by atoms with E-state index in [1.165, 1.54) is 22.6 Å². The van der Waals surface area contributed by atoms with E-state index < -0.39 is 10.0 Å². The van der Waals surface area contributed by atoms with Crippen molar-refractivity contribution in [2.24, 2.45) is 0 Å². The maximum absolute atomic E-state index is 13.4. The summed E-state index contributed by atoms with van der Waals surface area (Å²) in [6, 6.07) is 22.3. The molecule has 7 heteroatoms. The van der Waals surface area contributed by atoms with E-state index in [2.05, 4.69) is 27.9 Å². The minimum absolute atomic E-state index is 0.0921. The van der Waals surface area contributed by atoms with Crippen LogP contribution in [0.2, 0.25) is 0 Å². The number of fused-ring (bicyclic) bond motifs is 1. The standard InChI is InChI=1S/C28H27N3O3S/c1-20-11-12-23(35(33,34)30-18-21-7-3-2-4-8-21)17-25(20)28(32)31-15-13-22(14-16-31)26-19-29-27-10-6-5-9-24(26)27/h2-13,17,19,29-30H,14-16,18H2,1H3. The second-order valence-electron chi connectivity index (χ2n) is 8.77. The zero-order valence-electron chi connectivity index (χ0n) is 19.5. The fourth-order valence-corrected chi connectivity index (χ4v) is 5.51. The number of sulfonamides is 1. The molecule has 1 aromatic heterocycles. The lowest BCUT2D eigenvalue weighted by Gasteiger charge is -2.27. The van der Waals surface area contributed by atoms with Crippen LogP contribution in [0.3, 0.4) is 0 Å². The number of rotatable bonds is 6. The van der Waals surface area contributed by atoms with Crippen molar-refractivity contribution in [2.45, 2.75) is 24.8 Å². The molecule has 2 N–H and O–H groups in total. The average molecular weight is 486 g/mol. The van der Waals surface area contributed by atoms with Crippen molar-refractivity contribution in [1.82, 2.24) is 14.6 Å². The Morgan fingerprint density at radius 3 is 2.57 bits per heavy atom. The highest BCUT2D eigenvalue weighted by Gasteiger charge is 2.24. The first kappa shape index (κ1) is 23.1. The summed E-state index contributed by atoms with van der Waals surface area (Å²) in [5.41, 5.74) is 5.51. The Hall–Kier alpha value is -3.68. The summed E-state index contributed by atoms with van der Waals surface area (Å²) >= 11 is 0. The topological polar surface area (TPSA) is 82.3 Å². The lowest BCUT2D eigenvalue weighted by Crippen LogP contribution is -2.35. The molecule has 0 atom stereocenters. The number of carbonyl (C=O) groups excluding carboxylic acids is 1. The van der Waals surface area contributed by atoms with E-state index in [0.717, 1.165) is 23.1 Å². The largest absolute Gasteiger partial charge is 0.361 e. The van der Waals surface area contributed by atoms with Crippen LogP contribution in [0.4, 0.5) is 0 Å². The van der Waals surface area contributed by atoms with Gasteiger partial charge in [-0.15, -0.1) is 0 Å². The number of nitrogens with one attached hydrogen (secondary N) is 2. The number of H-pyrrole nitrogens is 1. The maximum atomic E-state index is 13.4. The first-order valence-corrected chi connectivity index (χ1v) is 13.1. The highest BCUT2D eigenvalue weighted by molar-refractivity contribution is 7.89. The Morgan fingerprint density at radius 2 is 1.80 bits per heavy atom. The minimum Gasteiger partial charge on any atom is -0.361 e. The minimum atomic E-state index is -3.76. The zero-order valence-corrected chi connectivity index (χ0v) is 20.3. The lowest BCUT2D eigenvalue weighted by molar-refractivity contribution is 0.0772. The third-order valence-electron chi connectivity index (χ3n) is 6.49. The van der Waals surface area contributed by atoms with Gasteiger partial charge in [-0.3, -0.25) is 4.79 Å². The molecule has 0 radical (unpaired) electrons. The smallest absolute Gasteiger partial charge is 0.254 e. The molecule has 0 aliphatic carbocycles. The number of para-hydroxylation sites is 1. The van der Waals surface area contributed by atoms with E-state index in [-0.39, 0.29) is 17.3 Å². The van der Waals surface area contributed by atoms with Gasteiger partial charge in [-0.1, -0.05) is 60.7 Å². The molecule has 1 amide bonds. The van der Waals surface area contributed by atoms with Gasteiger partial charge in [0.2, 0.25) is 10.0 Å². The van der Waals surface area contributed by atoms with Gasteiger partial charge >= 0.3 is 0 Å². The van der Waals surface area contributed by atoms with Crippen molar-refractivity contribution < 1.29 is 13.2 Å². The average Bonchev–Trinajstić information content (AvgIpc) is 3.32. The summed E-state index contributed by atoms with van der Waals surface area (Å²) in [6.45, 7) is 3.08. The summed E-state index contributed by atoms with van der Waals surface area (Å²) < 4.78 is 28.4. The molecule has 2 heterocycles. The number of carbonyl (C=O) groups is 1. The predicted octanol–water partition coefficient (Wildman–Crippen LogP) is 4.88. The second-order valence-corrected chi connectivity index (χ2v) is 10.5. The van der Waals surface area contributed by atoms with Crippen LogP contribution in [-0.2, 0) is 16.6 Å². The molecule has 0 saturated carbocycles. The van der Waals surface area contributed by atoms with Crippen LogP contribution in [0.1, 0.15) is 33.5 Å². The summed E-state index contributed by atoms with van der Waals surface area (Å²) in [4.78, 5) is 18.5. The van der Waals surface area contributed by atoms with Gasteiger partial charge in [0.15, 0.2) is 0 Å². The van der Waals surface area contributed by atoms with E-state index in [0.29, 0.717) is 18.7 Å². The number of nitrogens with zero attached hydrogens (tertiary/aromatic N) is 1. The fourth-order valence-electron chi connectivity index (χ4n) is 4.46. The molecule has 4 aromatic rings. The van der Waals surface area contributed by atoms with Gasteiger partial charge in [-0.05, 0) is 48.2 Å². The van der Waals surface area contributed by atoms with Crippen molar-refractivity contribution in [1.29, 1.82) is 0 Å². The molecule has 0 bridgehead atoms. The number of hydrogen-bond donors (Lipinski definition) is 2. The van der Waals surface area contributed by atoms with Crippen molar-refractivity contribution in [3.05, 3.63) is 107 Å². The van der Waals surface area contributed by atoms with E-state index in [1.807, 2.05) is 55.6 Å². The Kier molecular flexibility index (Phi) is 6.28. The third kappa shape index (κ3) is 4.78. The highest BCUT2D eigenvalue weighted by Crippen LogP contribution is 2.30. The van der Waals surface area contributed by atoms with Crippen molar-refractivity contribution in [3.8, 4) is 0 Å². The number of amides is 1. The van der Waals surface area contributed by atoms with E-state index in [9.17, 15) is 13.2 Å². The Bertz CT molecular complexity index is 1520. The van der Waals surface area contributed by atoms with Crippen molar-refractivity contribution in [2.75, 3.05) is 13.1 Å². The van der Waals surface area contributed by atoms with Crippen molar-refractivity contribution in [3.63, 3.8) is 0 Å². The zero-order chi connectivity index (χ0) is 24.4. The number of hydrogen-bond acceptors (Lipinski definition) is 3. The van der Waals surface area contributed by atoms with Gasteiger partial charge in [0.1, 0.15) is 0 Å². The van der Waals surface area contributed by atoms with Crippen LogP contribution in [0.15, 0.2) is 90.0 Å².